The number of carbonyl (C=O) groups is 1. The zero-order chi connectivity index (χ0) is 13.4. The Labute approximate surface area is 113 Å². The lowest BCUT2D eigenvalue weighted by molar-refractivity contribution is -0.137. The Balaban J connectivity index is 2.06. The molecule has 1 aromatic carbocycles. The van der Waals surface area contributed by atoms with Crippen LogP contribution in [-0.2, 0) is 16.6 Å². The number of benzene rings is 1. The molecule has 1 fully saturated rings. The van der Waals surface area contributed by atoms with Gasteiger partial charge in [0.15, 0.2) is 5.16 Å². The molecule has 0 spiro atoms. The summed E-state index contributed by atoms with van der Waals surface area (Å²) in [5.41, 5.74) is 0.555. The van der Waals surface area contributed by atoms with Crippen molar-refractivity contribution in [1.82, 2.24) is 9.55 Å². The highest BCUT2D eigenvalue weighted by molar-refractivity contribution is 8.00. The Morgan fingerprint density at radius 3 is 2.89 bits per heavy atom. The molecular weight excluding hydrogens is 264 g/mol. The van der Waals surface area contributed by atoms with Crippen LogP contribution in [0.2, 0.25) is 0 Å². The van der Waals surface area contributed by atoms with Crippen LogP contribution in [0.3, 0.4) is 0 Å². The van der Waals surface area contributed by atoms with E-state index in [2.05, 4.69) is 4.98 Å². The van der Waals surface area contributed by atoms with Crippen LogP contribution in [-0.4, -0.2) is 27.4 Å². The summed E-state index contributed by atoms with van der Waals surface area (Å²) in [6.45, 7) is 0.442. The SMILES string of the molecule is Cn1c(S[C@@H]2CCOC2=O)nc2ccccc2c1=O. The molecule has 0 amide bonds. The van der Waals surface area contributed by atoms with E-state index in [1.165, 1.54) is 16.3 Å². The van der Waals surface area contributed by atoms with Crippen molar-refractivity contribution in [3.05, 3.63) is 34.6 Å². The van der Waals surface area contributed by atoms with Gasteiger partial charge in [-0.2, -0.15) is 0 Å². The minimum absolute atomic E-state index is 0.0977. The number of hydrogen-bond acceptors (Lipinski definition) is 5. The average molecular weight is 276 g/mol. The number of ether oxygens (including phenoxy) is 1. The summed E-state index contributed by atoms with van der Waals surface area (Å²) >= 11 is 1.29. The summed E-state index contributed by atoms with van der Waals surface area (Å²) in [6.07, 6.45) is 0.659. The van der Waals surface area contributed by atoms with Gasteiger partial charge >= 0.3 is 5.97 Å². The fraction of sp³-hybridized carbons (Fsp3) is 0.308. The molecule has 1 aliphatic heterocycles. The van der Waals surface area contributed by atoms with E-state index in [0.29, 0.717) is 29.1 Å². The molecule has 0 unspecified atom stereocenters. The van der Waals surface area contributed by atoms with Crippen LogP contribution < -0.4 is 5.56 Å². The van der Waals surface area contributed by atoms with E-state index in [1.807, 2.05) is 12.1 Å². The molecule has 0 aliphatic carbocycles. The van der Waals surface area contributed by atoms with E-state index in [1.54, 1.807) is 19.2 Å². The topological polar surface area (TPSA) is 61.2 Å². The number of carbonyl (C=O) groups excluding carboxylic acids is 1. The van der Waals surface area contributed by atoms with Crippen LogP contribution in [0, 0.1) is 0 Å². The van der Waals surface area contributed by atoms with Crippen molar-refractivity contribution in [1.29, 1.82) is 0 Å². The first-order chi connectivity index (χ1) is 9.16. The molecule has 0 N–H and O–H groups in total. The Morgan fingerprint density at radius 1 is 1.37 bits per heavy atom. The standard InChI is InChI=1S/C13H12N2O3S/c1-15-11(16)8-4-2-3-5-9(8)14-13(15)19-10-6-7-18-12(10)17/h2-5,10H,6-7H2,1H3/t10-/m1/s1. The highest BCUT2D eigenvalue weighted by Gasteiger charge is 2.29. The normalized spacial score (nSPS) is 18.8. The maximum Gasteiger partial charge on any atom is 0.319 e. The smallest absolute Gasteiger partial charge is 0.319 e. The van der Waals surface area contributed by atoms with Crippen LogP contribution in [0.15, 0.2) is 34.2 Å². The number of hydrogen-bond donors (Lipinski definition) is 0. The van der Waals surface area contributed by atoms with Crippen LogP contribution in [0.25, 0.3) is 10.9 Å². The predicted octanol–water partition coefficient (Wildman–Crippen LogP) is 1.34. The van der Waals surface area contributed by atoms with Gasteiger partial charge in [-0.05, 0) is 12.1 Å². The summed E-state index contributed by atoms with van der Waals surface area (Å²) < 4.78 is 6.41. The minimum atomic E-state index is -0.265. The number of cyclic esters (lactones) is 1. The van der Waals surface area contributed by atoms with E-state index in [4.69, 9.17) is 4.74 Å². The van der Waals surface area contributed by atoms with Gasteiger partial charge in [-0.1, -0.05) is 23.9 Å². The van der Waals surface area contributed by atoms with Crippen molar-refractivity contribution in [3.8, 4) is 0 Å². The molecule has 0 radical (unpaired) electrons. The van der Waals surface area contributed by atoms with Gasteiger partial charge in [-0.25, -0.2) is 4.98 Å². The molecule has 1 aromatic heterocycles. The Kier molecular flexibility index (Phi) is 3.02. The number of thioether (sulfide) groups is 1. The Bertz CT molecular complexity index is 711. The number of para-hydroxylation sites is 1. The Morgan fingerprint density at radius 2 is 2.16 bits per heavy atom. The van der Waals surface area contributed by atoms with Crippen LogP contribution in [0.1, 0.15) is 6.42 Å². The third kappa shape index (κ3) is 2.12. The van der Waals surface area contributed by atoms with Gasteiger partial charge in [-0.15, -0.1) is 0 Å². The quantitative estimate of drug-likeness (QED) is 0.612. The number of aromatic nitrogens is 2. The molecule has 6 heteroatoms. The molecular formula is C13H12N2O3S. The van der Waals surface area contributed by atoms with Gasteiger partial charge in [0, 0.05) is 13.5 Å². The molecule has 98 valence electrons. The first kappa shape index (κ1) is 12.2. The van der Waals surface area contributed by atoms with Gasteiger partial charge < -0.3 is 4.74 Å². The minimum Gasteiger partial charge on any atom is -0.465 e. The van der Waals surface area contributed by atoms with E-state index in [9.17, 15) is 9.59 Å². The molecule has 0 bridgehead atoms. The second-order valence-electron chi connectivity index (χ2n) is 4.34. The average Bonchev–Trinajstić information content (AvgIpc) is 2.81. The van der Waals surface area contributed by atoms with Crippen LogP contribution in [0.4, 0.5) is 0 Å². The van der Waals surface area contributed by atoms with E-state index in [0.717, 1.165) is 0 Å². The van der Waals surface area contributed by atoms with Gasteiger partial charge in [0.25, 0.3) is 5.56 Å². The summed E-state index contributed by atoms with van der Waals surface area (Å²) in [4.78, 5) is 28.1. The van der Waals surface area contributed by atoms with Crippen LogP contribution >= 0.6 is 11.8 Å². The maximum atomic E-state index is 12.2. The predicted molar refractivity (Wildman–Crippen MR) is 72.2 cm³/mol. The van der Waals surface area contributed by atoms with Crippen molar-refractivity contribution in [2.45, 2.75) is 16.8 Å². The lowest BCUT2D eigenvalue weighted by Crippen LogP contribution is -2.21. The van der Waals surface area contributed by atoms with Gasteiger partial charge in [0.05, 0.1) is 17.5 Å². The fourth-order valence-electron chi connectivity index (χ4n) is 2.01. The van der Waals surface area contributed by atoms with Crippen molar-refractivity contribution in [3.63, 3.8) is 0 Å². The lowest BCUT2D eigenvalue weighted by atomic mass is 10.2. The van der Waals surface area contributed by atoms with Crippen molar-refractivity contribution >= 4 is 28.6 Å². The molecule has 5 nitrogen and oxygen atoms in total. The molecule has 0 saturated carbocycles. The summed E-state index contributed by atoms with van der Waals surface area (Å²) in [6, 6.07) is 7.20. The lowest BCUT2D eigenvalue weighted by Gasteiger charge is -2.10. The van der Waals surface area contributed by atoms with E-state index in [-0.39, 0.29) is 16.8 Å². The molecule has 1 atom stereocenters. The molecule has 2 heterocycles. The third-order valence-corrected chi connectivity index (χ3v) is 4.37. The Hall–Kier alpha value is -1.82. The number of esters is 1. The molecule has 3 rings (SSSR count). The largest absolute Gasteiger partial charge is 0.465 e. The fourth-order valence-corrected chi connectivity index (χ4v) is 3.04. The summed E-state index contributed by atoms with van der Waals surface area (Å²) in [7, 11) is 1.67. The highest BCUT2D eigenvalue weighted by Crippen LogP contribution is 2.28. The van der Waals surface area contributed by atoms with Gasteiger partial charge in [0.2, 0.25) is 0 Å². The number of rotatable bonds is 2. The number of fused-ring (bicyclic) bond motifs is 1. The zero-order valence-electron chi connectivity index (χ0n) is 10.3. The van der Waals surface area contributed by atoms with Crippen LogP contribution in [0.5, 0.6) is 0 Å². The van der Waals surface area contributed by atoms with Crippen molar-refractivity contribution in [2.24, 2.45) is 7.05 Å². The van der Waals surface area contributed by atoms with Gasteiger partial charge in [-0.3, -0.25) is 14.2 Å². The molecule has 1 saturated heterocycles. The maximum absolute atomic E-state index is 12.2. The summed E-state index contributed by atoms with van der Waals surface area (Å²) in [5.74, 6) is -0.229. The van der Waals surface area contributed by atoms with E-state index >= 15 is 0 Å². The monoisotopic (exact) mass is 276 g/mol. The third-order valence-electron chi connectivity index (χ3n) is 3.08. The summed E-state index contributed by atoms with van der Waals surface area (Å²) in [5, 5.41) is 0.871. The zero-order valence-corrected chi connectivity index (χ0v) is 11.1. The van der Waals surface area contributed by atoms with Crippen molar-refractivity contribution < 1.29 is 9.53 Å². The first-order valence-corrected chi connectivity index (χ1v) is 6.84. The second kappa shape index (κ2) is 4.70. The van der Waals surface area contributed by atoms with E-state index < -0.39 is 0 Å². The molecule has 2 aromatic rings. The molecule has 19 heavy (non-hydrogen) atoms. The molecule has 1 aliphatic rings. The number of nitrogens with zero attached hydrogens (tertiary/aromatic N) is 2. The van der Waals surface area contributed by atoms with Crippen molar-refractivity contribution in [2.75, 3.05) is 6.61 Å². The highest BCUT2D eigenvalue weighted by atomic mass is 32.2. The second-order valence-corrected chi connectivity index (χ2v) is 5.51. The van der Waals surface area contributed by atoms with Gasteiger partial charge in [0.1, 0.15) is 5.25 Å². The first-order valence-electron chi connectivity index (χ1n) is 5.96.